The third kappa shape index (κ3) is 1.46. The molecule has 15 heavy (non-hydrogen) atoms. The summed E-state index contributed by atoms with van der Waals surface area (Å²) < 4.78 is 4.60. The minimum atomic E-state index is -1.39. The molecule has 0 fully saturated rings. The maximum Gasteiger partial charge on any atom is 0.349 e. The molecule has 0 aliphatic carbocycles. The van der Waals surface area contributed by atoms with Gasteiger partial charge in [-0.05, 0) is 5.56 Å². The van der Waals surface area contributed by atoms with E-state index in [0.717, 1.165) is 0 Å². The summed E-state index contributed by atoms with van der Waals surface area (Å²) in [5.41, 5.74) is 0.609. The molecular formula is C10H8O5. The number of hydrogen-bond donors (Lipinski definition) is 2. The number of hydrogen-bond acceptors (Lipinski definition) is 4. The molecule has 5 nitrogen and oxygen atoms in total. The van der Waals surface area contributed by atoms with Gasteiger partial charge in [-0.1, -0.05) is 24.3 Å². The highest BCUT2D eigenvalue weighted by atomic mass is 16.6. The second-order valence-corrected chi connectivity index (χ2v) is 3.19. The monoisotopic (exact) mass is 208 g/mol. The number of benzene rings is 1. The number of aliphatic carboxylic acids is 1. The van der Waals surface area contributed by atoms with Gasteiger partial charge in [0.2, 0.25) is 6.10 Å². The first-order valence-electron chi connectivity index (χ1n) is 4.31. The number of ether oxygens (including phenoxy) is 1. The minimum Gasteiger partial charge on any atom is -0.478 e. The first kappa shape index (κ1) is 9.67. The SMILES string of the molecule is O=C1OC(C(=O)O)c2ccccc2C1O. The lowest BCUT2D eigenvalue weighted by Gasteiger charge is -2.25. The van der Waals surface area contributed by atoms with Gasteiger partial charge in [-0.3, -0.25) is 0 Å². The van der Waals surface area contributed by atoms with E-state index < -0.39 is 24.1 Å². The molecule has 1 aliphatic heterocycles. The standard InChI is InChI=1S/C10H8O5/c11-7-5-3-1-2-4-6(5)8(9(12)13)15-10(7)14/h1-4,7-8,11H,(H,12,13). The van der Waals surface area contributed by atoms with Gasteiger partial charge >= 0.3 is 11.9 Å². The fourth-order valence-electron chi connectivity index (χ4n) is 1.55. The smallest absolute Gasteiger partial charge is 0.349 e. The highest BCUT2D eigenvalue weighted by molar-refractivity contribution is 5.86. The van der Waals surface area contributed by atoms with Gasteiger partial charge in [0.1, 0.15) is 0 Å². The Hall–Kier alpha value is -1.88. The molecule has 0 amide bonds. The topological polar surface area (TPSA) is 83.8 Å². The Balaban J connectivity index is 2.54. The van der Waals surface area contributed by atoms with Gasteiger partial charge in [0.25, 0.3) is 0 Å². The summed E-state index contributed by atoms with van der Waals surface area (Å²) in [7, 11) is 0. The Morgan fingerprint density at radius 2 is 1.87 bits per heavy atom. The van der Waals surface area contributed by atoms with Crippen LogP contribution >= 0.6 is 0 Å². The van der Waals surface area contributed by atoms with E-state index in [0.29, 0.717) is 11.1 Å². The summed E-state index contributed by atoms with van der Waals surface area (Å²) in [5, 5.41) is 18.3. The number of carbonyl (C=O) groups excluding carboxylic acids is 1. The molecule has 1 aliphatic rings. The van der Waals surface area contributed by atoms with E-state index in [-0.39, 0.29) is 0 Å². The second-order valence-electron chi connectivity index (χ2n) is 3.19. The Kier molecular flexibility index (Phi) is 2.17. The zero-order valence-corrected chi connectivity index (χ0v) is 7.58. The highest BCUT2D eigenvalue weighted by Crippen LogP contribution is 2.33. The molecule has 2 rings (SSSR count). The molecule has 0 radical (unpaired) electrons. The van der Waals surface area contributed by atoms with Crippen molar-refractivity contribution in [2.45, 2.75) is 12.2 Å². The van der Waals surface area contributed by atoms with Crippen molar-refractivity contribution < 1.29 is 24.5 Å². The van der Waals surface area contributed by atoms with Crippen LogP contribution in [-0.2, 0) is 14.3 Å². The van der Waals surface area contributed by atoms with Crippen LogP contribution in [0.25, 0.3) is 0 Å². The van der Waals surface area contributed by atoms with E-state index in [9.17, 15) is 14.7 Å². The van der Waals surface area contributed by atoms with Crippen molar-refractivity contribution in [3.63, 3.8) is 0 Å². The van der Waals surface area contributed by atoms with Crippen molar-refractivity contribution >= 4 is 11.9 Å². The van der Waals surface area contributed by atoms with Crippen LogP contribution in [0.2, 0.25) is 0 Å². The van der Waals surface area contributed by atoms with E-state index in [1.54, 1.807) is 12.1 Å². The van der Waals surface area contributed by atoms with Crippen molar-refractivity contribution in [2.24, 2.45) is 0 Å². The summed E-state index contributed by atoms with van der Waals surface area (Å²) in [5.74, 6) is -2.18. The number of carboxylic acids is 1. The quantitative estimate of drug-likeness (QED) is 0.653. The van der Waals surface area contributed by atoms with Gasteiger partial charge in [-0.25, -0.2) is 9.59 Å². The number of fused-ring (bicyclic) bond motifs is 1. The summed E-state index contributed by atoms with van der Waals surface area (Å²) in [4.78, 5) is 21.9. The van der Waals surface area contributed by atoms with Gasteiger partial charge in [0.15, 0.2) is 6.10 Å². The zero-order valence-electron chi connectivity index (χ0n) is 7.58. The van der Waals surface area contributed by atoms with Crippen LogP contribution in [0.4, 0.5) is 0 Å². The summed E-state index contributed by atoms with van der Waals surface area (Å²) in [6.45, 7) is 0. The van der Waals surface area contributed by atoms with Crippen LogP contribution in [0.3, 0.4) is 0 Å². The van der Waals surface area contributed by atoms with Gasteiger partial charge in [-0.15, -0.1) is 0 Å². The average molecular weight is 208 g/mol. The Morgan fingerprint density at radius 3 is 2.47 bits per heavy atom. The van der Waals surface area contributed by atoms with Crippen molar-refractivity contribution in [3.8, 4) is 0 Å². The fourth-order valence-corrected chi connectivity index (χ4v) is 1.55. The Labute approximate surface area is 84.9 Å². The second kappa shape index (κ2) is 3.36. The molecule has 0 saturated heterocycles. The van der Waals surface area contributed by atoms with Crippen molar-refractivity contribution in [1.29, 1.82) is 0 Å². The van der Waals surface area contributed by atoms with Gasteiger partial charge in [-0.2, -0.15) is 0 Å². The van der Waals surface area contributed by atoms with E-state index in [1.807, 2.05) is 0 Å². The molecule has 1 heterocycles. The van der Waals surface area contributed by atoms with Crippen LogP contribution in [0.15, 0.2) is 24.3 Å². The van der Waals surface area contributed by atoms with Crippen molar-refractivity contribution in [2.75, 3.05) is 0 Å². The first-order valence-corrected chi connectivity index (χ1v) is 4.31. The number of rotatable bonds is 1. The molecule has 0 spiro atoms. The molecule has 0 saturated carbocycles. The van der Waals surface area contributed by atoms with E-state index in [4.69, 9.17) is 5.11 Å². The minimum absolute atomic E-state index is 0.293. The summed E-state index contributed by atoms with van der Waals surface area (Å²) >= 11 is 0. The number of cyclic esters (lactones) is 1. The third-order valence-corrected chi connectivity index (χ3v) is 2.25. The molecule has 1 aromatic carbocycles. The number of carboxylic acid groups (broad SMARTS) is 1. The predicted octanol–water partition coefficient (Wildman–Crippen LogP) is 0.403. The first-order chi connectivity index (χ1) is 7.11. The van der Waals surface area contributed by atoms with Gasteiger partial charge in [0.05, 0.1) is 0 Å². The Bertz CT molecular complexity index is 426. The largest absolute Gasteiger partial charge is 0.478 e. The molecule has 2 atom stereocenters. The van der Waals surface area contributed by atoms with E-state index in [1.165, 1.54) is 12.1 Å². The normalized spacial score (nSPS) is 24.2. The third-order valence-electron chi connectivity index (χ3n) is 2.25. The summed E-state index contributed by atoms with van der Waals surface area (Å²) in [6, 6.07) is 6.28. The van der Waals surface area contributed by atoms with Crippen LogP contribution in [0, 0.1) is 0 Å². The van der Waals surface area contributed by atoms with E-state index in [2.05, 4.69) is 4.74 Å². The lowest BCUT2D eigenvalue weighted by atomic mass is 9.95. The number of aliphatic hydroxyl groups excluding tert-OH is 1. The maximum absolute atomic E-state index is 11.1. The highest BCUT2D eigenvalue weighted by Gasteiger charge is 2.37. The number of carbonyl (C=O) groups is 2. The molecule has 0 aromatic heterocycles. The molecule has 2 N–H and O–H groups in total. The van der Waals surface area contributed by atoms with Crippen molar-refractivity contribution in [1.82, 2.24) is 0 Å². The summed E-state index contributed by atoms with van der Waals surface area (Å²) in [6.07, 6.45) is -2.71. The number of aliphatic hydroxyl groups is 1. The predicted molar refractivity (Wildman–Crippen MR) is 47.9 cm³/mol. The van der Waals surface area contributed by atoms with E-state index >= 15 is 0 Å². The van der Waals surface area contributed by atoms with Crippen LogP contribution in [0.1, 0.15) is 23.3 Å². The van der Waals surface area contributed by atoms with Gasteiger partial charge in [0, 0.05) is 5.56 Å². The molecule has 2 unspecified atom stereocenters. The lowest BCUT2D eigenvalue weighted by Crippen LogP contribution is -2.30. The average Bonchev–Trinajstić information content (AvgIpc) is 2.23. The molecular weight excluding hydrogens is 200 g/mol. The van der Waals surface area contributed by atoms with Crippen LogP contribution < -0.4 is 0 Å². The molecule has 78 valence electrons. The maximum atomic E-state index is 11.1. The number of esters is 1. The fraction of sp³-hybridized carbons (Fsp3) is 0.200. The molecule has 1 aromatic rings. The molecule has 0 bridgehead atoms. The van der Waals surface area contributed by atoms with Crippen LogP contribution in [0.5, 0.6) is 0 Å². The van der Waals surface area contributed by atoms with Gasteiger partial charge < -0.3 is 14.9 Å². The molecule has 5 heteroatoms. The lowest BCUT2D eigenvalue weighted by molar-refractivity contribution is -0.174. The van der Waals surface area contributed by atoms with Crippen LogP contribution in [-0.4, -0.2) is 22.2 Å². The van der Waals surface area contributed by atoms with Crippen molar-refractivity contribution in [3.05, 3.63) is 35.4 Å². The Morgan fingerprint density at radius 1 is 1.27 bits per heavy atom. The zero-order chi connectivity index (χ0) is 11.0.